The molecule has 31 heavy (non-hydrogen) atoms. The summed E-state index contributed by atoms with van der Waals surface area (Å²) in [6, 6.07) is 15.4. The molecule has 1 aromatic heterocycles. The Bertz CT molecular complexity index is 1060. The normalized spacial score (nSPS) is 15.1. The molecule has 0 unspecified atom stereocenters. The van der Waals surface area contributed by atoms with Crippen LogP contribution in [0.5, 0.6) is 5.75 Å². The number of ether oxygens (including phenoxy) is 1. The van der Waals surface area contributed by atoms with Gasteiger partial charge in [-0.15, -0.1) is 10.2 Å². The molecule has 2 heterocycles. The SMILES string of the molecule is COc1cccc(C(=O)N[C@H](C)c2nnc3n2CCN(Cc2ccccc2C)CC3)c1. The molecule has 0 bridgehead atoms. The molecular weight excluding hydrogens is 390 g/mol. The van der Waals surface area contributed by atoms with Gasteiger partial charge in [0.05, 0.1) is 13.2 Å². The van der Waals surface area contributed by atoms with Gasteiger partial charge in [0.2, 0.25) is 0 Å². The van der Waals surface area contributed by atoms with E-state index in [1.165, 1.54) is 11.1 Å². The number of aromatic nitrogens is 3. The molecule has 4 rings (SSSR count). The molecule has 3 aromatic rings. The molecule has 1 aliphatic rings. The maximum atomic E-state index is 12.7. The Balaban J connectivity index is 1.43. The van der Waals surface area contributed by atoms with E-state index in [-0.39, 0.29) is 11.9 Å². The lowest BCUT2D eigenvalue weighted by atomic mass is 10.1. The summed E-state index contributed by atoms with van der Waals surface area (Å²) in [6.07, 6.45) is 0.843. The molecule has 1 amide bonds. The molecule has 1 N–H and O–H groups in total. The molecule has 0 spiro atoms. The first kappa shape index (κ1) is 21.1. The minimum Gasteiger partial charge on any atom is -0.497 e. The number of hydrogen-bond donors (Lipinski definition) is 1. The van der Waals surface area contributed by atoms with E-state index < -0.39 is 0 Å². The van der Waals surface area contributed by atoms with Gasteiger partial charge in [0.1, 0.15) is 11.6 Å². The highest BCUT2D eigenvalue weighted by molar-refractivity contribution is 5.94. The van der Waals surface area contributed by atoms with Crippen molar-refractivity contribution in [2.75, 3.05) is 20.2 Å². The van der Waals surface area contributed by atoms with Crippen molar-refractivity contribution < 1.29 is 9.53 Å². The average molecular weight is 420 g/mol. The maximum Gasteiger partial charge on any atom is 0.251 e. The lowest BCUT2D eigenvalue weighted by Gasteiger charge is -2.21. The molecule has 162 valence electrons. The Morgan fingerprint density at radius 2 is 1.97 bits per heavy atom. The second kappa shape index (κ2) is 9.31. The molecule has 0 fully saturated rings. The van der Waals surface area contributed by atoms with Crippen molar-refractivity contribution in [3.63, 3.8) is 0 Å². The van der Waals surface area contributed by atoms with Crippen LogP contribution in [0.15, 0.2) is 48.5 Å². The van der Waals surface area contributed by atoms with Crippen molar-refractivity contribution in [3.8, 4) is 5.75 Å². The minimum absolute atomic E-state index is 0.154. The topological polar surface area (TPSA) is 72.3 Å². The molecule has 0 saturated heterocycles. The van der Waals surface area contributed by atoms with Gasteiger partial charge in [-0.3, -0.25) is 9.69 Å². The predicted octanol–water partition coefficient (Wildman–Crippen LogP) is 3.14. The van der Waals surface area contributed by atoms with E-state index in [9.17, 15) is 4.79 Å². The van der Waals surface area contributed by atoms with Crippen LogP contribution in [0.4, 0.5) is 0 Å². The number of nitrogens with one attached hydrogen (secondary N) is 1. The van der Waals surface area contributed by atoms with Crippen LogP contribution >= 0.6 is 0 Å². The van der Waals surface area contributed by atoms with Gasteiger partial charge in [-0.25, -0.2) is 0 Å². The van der Waals surface area contributed by atoms with E-state index in [0.717, 1.165) is 44.2 Å². The molecule has 0 radical (unpaired) electrons. The fourth-order valence-corrected chi connectivity index (χ4v) is 4.00. The smallest absolute Gasteiger partial charge is 0.251 e. The number of hydrogen-bond acceptors (Lipinski definition) is 5. The van der Waals surface area contributed by atoms with E-state index in [1.807, 2.05) is 19.1 Å². The van der Waals surface area contributed by atoms with Crippen LogP contribution in [-0.2, 0) is 19.5 Å². The highest BCUT2D eigenvalue weighted by Gasteiger charge is 2.23. The van der Waals surface area contributed by atoms with Crippen LogP contribution in [0, 0.1) is 6.92 Å². The van der Waals surface area contributed by atoms with Gasteiger partial charge >= 0.3 is 0 Å². The summed E-state index contributed by atoms with van der Waals surface area (Å²) < 4.78 is 7.38. The fraction of sp³-hybridized carbons (Fsp3) is 0.375. The van der Waals surface area contributed by atoms with E-state index in [0.29, 0.717) is 11.3 Å². The monoisotopic (exact) mass is 419 g/mol. The van der Waals surface area contributed by atoms with Crippen molar-refractivity contribution in [2.24, 2.45) is 0 Å². The van der Waals surface area contributed by atoms with E-state index in [4.69, 9.17) is 4.74 Å². The second-order valence-electron chi connectivity index (χ2n) is 8.01. The Morgan fingerprint density at radius 3 is 2.77 bits per heavy atom. The van der Waals surface area contributed by atoms with Crippen molar-refractivity contribution in [3.05, 3.63) is 76.9 Å². The molecule has 1 atom stereocenters. The number of fused-ring (bicyclic) bond motifs is 1. The van der Waals surface area contributed by atoms with Crippen LogP contribution in [-0.4, -0.2) is 45.8 Å². The van der Waals surface area contributed by atoms with Crippen molar-refractivity contribution in [2.45, 2.75) is 39.4 Å². The number of aryl methyl sites for hydroxylation is 1. The largest absolute Gasteiger partial charge is 0.497 e. The van der Waals surface area contributed by atoms with Crippen LogP contribution in [0.25, 0.3) is 0 Å². The first-order chi connectivity index (χ1) is 15.0. The zero-order chi connectivity index (χ0) is 21.8. The molecule has 2 aromatic carbocycles. The summed E-state index contributed by atoms with van der Waals surface area (Å²) >= 11 is 0. The summed E-state index contributed by atoms with van der Waals surface area (Å²) in [5.74, 6) is 2.28. The van der Waals surface area contributed by atoms with Gasteiger partial charge in [-0.2, -0.15) is 0 Å². The van der Waals surface area contributed by atoms with Gasteiger partial charge in [-0.05, 0) is 43.2 Å². The molecule has 7 nitrogen and oxygen atoms in total. The van der Waals surface area contributed by atoms with Gasteiger partial charge in [-0.1, -0.05) is 30.3 Å². The number of methoxy groups -OCH3 is 1. The number of carbonyl (C=O) groups is 1. The van der Waals surface area contributed by atoms with E-state index in [1.54, 1.807) is 19.2 Å². The van der Waals surface area contributed by atoms with Gasteiger partial charge in [0, 0.05) is 38.2 Å². The lowest BCUT2D eigenvalue weighted by molar-refractivity contribution is 0.0937. The average Bonchev–Trinajstić information content (AvgIpc) is 3.09. The lowest BCUT2D eigenvalue weighted by Crippen LogP contribution is -2.30. The summed E-state index contributed by atoms with van der Waals surface area (Å²) in [6.45, 7) is 7.71. The van der Waals surface area contributed by atoms with Crippen LogP contribution < -0.4 is 10.1 Å². The third-order valence-corrected chi connectivity index (χ3v) is 5.87. The van der Waals surface area contributed by atoms with Crippen LogP contribution in [0.3, 0.4) is 0 Å². The van der Waals surface area contributed by atoms with Crippen LogP contribution in [0.1, 0.15) is 46.1 Å². The zero-order valence-corrected chi connectivity index (χ0v) is 18.3. The Labute approximate surface area is 183 Å². The number of benzene rings is 2. The Kier molecular flexibility index (Phi) is 6.32. The number of nitrogens with zero attached hydrogens (tertiary/aromatic N) is 4. The first-order valence-electron chi connectivity index (χ1n) is 10.7. The molecule has 1 aliphatic heterocycles. The molecule has 0 saturated carbocycles. The standard InChI is InChI=1S/C24H29N5O2/c1-17-7-4-5-8-20(17)16-28-12-11-22-26-27-23(29(22)14-13-28)18(2)25-24(30)19-9-6-10-21(15-19)31-3/h4-10,15,18H,11-14,16H2,1-3H3,(H,25,30)/t18-/m1/s1. The molecular formula is C24H29N5O2. The Hall–Kier alpha value is -3.19. The van der Waals surface area contributed by atoms with Crippen LogP contribution in [0.2, 0.25) is 0 Å². The van der Waals surface area contributed by atoms with E-state index >= 15 is 0 Å². The van der Waals surface area contributed by atoms with Gasteiger partial charge in [0.15, 0.2) is 5.82 Å². The van der Waals surface area contributed by atoms with Crippen molar-refractivity contribution in [1.29, 1.82) is 0 Å². The number of rotatable bonds is 6. The Morgan fingerprint density at radius 1 is 1.13 bits per heavy atom. The van der Waals surface area contributed by atoms with Crippen molar-refractivity contribution in [1.82, 2.24) is 25.0 Å². The summed E-state index contributed by atoms with van der Waals surface area (Å²) in [5, 5.41) is 11.9. The predicted molar refractivity (Wildman–Crippen MR) is 119 cm³/mol. The second-order valence-corrected chi connectivity index (χ2v) is 8.01. The summed E-state index contributed by atoms with van der Waals surface area (Å²) in [5.41, 5.74) is 3.24. The summed E-state index contributed by atoms with van der Waals surface area (Å²) in [4.78, 5) is 15.2. The van der Waals surface area contributed by atoms with Gasteiger partial charge < -0.3 is 14.6 Å². The molecule has 0 aliphatic carbocycles. The first-order valence-corrected chi connectivity index (χ1v) is 10.7. The number of carbonyl (C=O) groups excluding carboxylic acids is 1. The van der Waals surface area contributed by atoms with Crippen molar-refractivity contribution >= 4 is 5.91 Å². The fourth-order valence-electron chi connectivity index (χ4n) is 4.00. The molecule has 7 heteroatoms. The summed E-state index contributed by atoms with van der Waals surface area (Å²) in [7, 11) is 1.59. The van der Waals surface area contributed by atoms with Gasteiger partial charge in [0.25, 0.3) is 5.91 Å². The third-order valence-electron chi connectivity index (χ3n) is 5.87. The quantitative estimate of drug-likeness (QED) is 0.665. The zero-order valence-electron chi connectivity index (χ0n) is 18.3. The van der Waals surface area contributed by atoms with E-state index in [2.05, 4.69) is 56.2 Å². The minimum atomic E-state index is -0.247. The highest BCUT2D eigenvalue weighted by Crippen LogP contribution is 2.19. The third kappa shape index (κ3) is 4.77. The highest BCUT2D eigenvalue weighted by atomic mass is 16.5. The number of amides is 1. The maximum absolute atomic E-state index is 12.7.